The first kappa shape index (κ1) is 17.6. The van der Waals surface area contributed by atoms with E-state index >= 15 is 0 Å². The molecule has 24 heavy (non-hydrogen) atoms. The highest BCUT2D eigenvalue weighted by molar-refractivity contribution is 5.82. The molecule has 0 aliphatic rings. The zero-order chi connectivity index (χ0) is 17.7. The zero-order valence-corrected chi connectivity index (χ0v) is 14.0. The minimum absolute atomic E-state index is 0.170. The van der Waals surface area contributed by atoms with Crippen molar-refractivity contribution in [1.82, 2.24) is 0 Å². The normalized spacial score (nSPS) is 10.9. The predicted molar refractivity (Wildman–Crippen MR) is 86.3 cm³/mol. The van der Waals surface area contributed by atoms with Crippen molar-refractivity contribution in [3.05, 3.63) is 48.3 Å². The van der Waals surface area contributed by atoms with Crippen LogP contribution >= 0.6 is 0 Å². The Bertz CT molecular complexity index is 688. The van der Waals surface area contributed by atoms with E-state index in [0.717, 1.165) is 0 Å². The minimum Gasteiger partial charge on any atom is -0.493 e. The van der Waals surface area contributed by atoms with Gasteiger partial charge in [-0.1, -0.05) is 6.07 Å². The molecule has 0 heterocycles. The van der Waals surface area contributed by atoms with E-state index in [1.165, 1.54) is 38.5 Å². The van der Waals surface area contributed by atoms with Gasteiger partial charge in [0.15, 0.2) is 11.5 Å². The topological polar surface area (TPSA) is 54.0 Å². The second-order valence-electron chi connectivity index (χ2n) is 5.45. The van der Waals surface area contributed by atoms with E-state index in [9.17, 15) is 9.18 Å². The summed E-state index contributed by atoms with van der Waals surface area (Å²) in [5.41, 5.74) is -1.30. The van der Waals surface area contributed by atoms with Gasteiger partial charge in [-0.2, -0.15) is 0 Å². The lowest BCUT2D eigenvalue weighted by Crippen LogP contribution is -2.41. The largest absolute Gasteiger partial charge is 0.493 e. The van der Waals surface area contributed by atoms with Crippen LogP contribution in [0.1, 0.15) is 13.8 Å². The zero-order valence-electron chi connectivity index (χ0n) is 14.0. The van der Waals surface area contributed by atoms with E-state index < -0.39 is 11.6 Å². The van der Waals surface area contributed by atoms with Crippen LogP contribution in [0.25, 0.3) is 0 Å². The van der Waals surface area contributed by atoms with E-state index in [-0.39, 0.29) is 11.6 Å². The Morgan fingerprint density at radius 3 is 2.00 bits per heavy atom. The van der Waals surface area contributed by atoms with Crippen LogP contribution in [-0.4, -0.2) is 25.8 Å². The SMILES string of the molecule is COc1cccc(OC)c1OC(=O)C(C)(C)Oc1ccc(F)cc1. The van der Waals surface area contributed by atoms with Gasteiger partial charge in [-0.3, -0.25) is 0 Å². The van der Waals surface area contributed by atoms with E-state index in [4.69, 9.17) is 18.9 Å². The Labute approximate surface area is 139 Å². The van der Waals surface area contributed by atoms with Crippen molar-refractivity contribution in [2.45, 2.75) is 19.4 Å². The molecule has 0 radical (unpaired) electrons. The van der Waals surface area contributed by atoms with E-state index in [0.29, 0.717) is 17.2 Å². The minimum atomic E-state index is -1.30. The molecule has 0 aromatic heterocycles. The van der Waals surface area contributed by atoms with Crippen LogP contribution in [0.2, 0.25) is 0 Å². The molecule has 6 heteroatoms. The smallest absolute Gasteiger partial charge is 0.355 e. The van der Waals surface area contributed by atoms with E-state index in [2.05, 4.69) is 0 Å². The summed E-state index contributed by atoms with van der Waals surface area (Å²) in [4.78, 5) is 12.5. The molecule has 0 unspecified atom stereocenters. The van der Waals surface area contributed by atoms with E-state index in [1.807, 2.05) is 0 Å². The number of rotatable bonds is 6. The fraction of sp³-hybridized carbons (Fsp3) is 0.278. The molecule has 128 valence electrons. The molecular weight excluding hydrogens is 315 g/mol. The molecule has 5 nitrogen and oxygen atoms in total. The molecule has 0 saturated heterocycles. The summed E-state index contributed by atoms with van der Waals surface area (Å²) in [6.07, 6.45) is 0. The average molecular weight is 334 g/mol. The molecular formula is C18H19FO5. The summed E-state index contributed by atoms with van der Waals surface area (Å²) in [7, 11) is 2.93. The lowest BCUT2D eigenvalue weighted by atomic mass is 10.1. The summed E-state index contributed by atoms with van der Waals surface area (Å²) < 4.78 is 34.4. The lowest BCUT2D eigenvalue weighted by molar-refractivity contribution is -0.149. The Balaban J connectivity index is 2.20. The van der Waals surface area contributed by atoms with Crippen LogP contribution in [0.3, 0.4) is 0 Å². The maximum atomic E-state index is 13.0. The fourth-order valence-electron chi connectivity index (χ4n) is 1.97. The maximum Gasteiger partial charge on any atom is 0.355 e. The summed E-state index contributed by atoms with van der Waals surface area (Å²) in [5.74, 6) is 0.213. The third-order valence-corrected chi connectivity index (χ3v) is 3.26. The summed E-state index contributed by atoms with van der Waals surface area (Å²) >= 11 is 0. The maximum absolute atomic E-state index is 13.0. The molecule has 0 atom stereocenters. The Morgan fingerprint density at radius 2 is 1.50 bits per heavy atom. The second-order valence-corrected chi connectivity index (χ2v) is 5.45. The fourth-order valence-corrected chi connectivity index (χ4v) is 1.97. The van der Waals surface area contributed by atoms with Crippen LogP contribution in [-0.2, 0) is 4.79 Å². The van der Waals surface area contributed by atoms with Crippen molar-refractivity contribution in [3.63, 3.8) is 0 Å². The highest BCUT2D eigenvalue weighted by Crippen LogP contribution is 2.37. The Hall–Kier alpha value is -2.76. The van der Waals surface area contributed by atoms with Crippen LogP contribution in [0, 0.1) is 5.82 Å². The molecule has 0 bridgehead atoms. The molecule has 0 amide bonds. The molecule has 0 aliphatic carbocycles. The second kappa shape index (κ2) is 7.21. The van der Waals surface area contributed by atoms with Gasteiger partial charge in [0, 0.05) is 0 Å². The van der Waals surface area contributed by atoms with Crippen molar-refractivity contribution in [2.24, 2.45) is 0 Å². The molecule has 0 spiro atoms. The number of esters is 1. The van der Waals surface area contributed by atoms with Gasteiger partial charge >= 0.3 is 5.97 Å². The summed E-state index contributed by atoms with van der Waals surface area (Å²) in [6, 6.07) is 10.4. The molecule has 2 aromatic rings. The van der Waals surface area contributed by atoms with Gasteiger partial charge in [0.05, 0.1) is 14.2 Å². The quantitative estimate of drug-likeness (QED) is 0.597. The van der Waals surface area contributed by atoms with Gasteiger partial charge in [0.2, 0.25) is 11.4 Å². The van der Waals surface area contributed by atoms with Crippen LogP contribution in [0.4, 0.5) is 4.39 Å². The molecule has 2 rings (SSSR count). The highest BCUT2D eigenvalue weighted by atomic mass is 19.1. The number of halogens is 1. The lowest BCUT2D eigenvalue weighted by Gasteiger charge is -2.25. The number of para-hydroxylation sites is 1. The van der Waals surface area contributed by atoms with Gasteiger partial charge in [0.25, 0.3) is 0 Å². The third kappa shape index (κ3) is 3.95. The third-order valence-electron chi connectivity index (χ3n) is 3.26. The number of methoxy groups -OCH3 is 2. The Kier molecular flexibility index (Phi) is 5.28. The number of ether oxygens (including phenoxy) is 4. The van der Waals surface area contributed by atoms with Gasteiger partial charge in [0.1, 0.15) is 11.6 Å². The number of hydrogen-bond donors (Lipinski definition) is 0. The van der Waals surface area contributed by atoms with Gasteiger partial charge in [-0.25, -0.2) is 9.18 Å². The summed E-state index contributed by atoms with van der Waals surface area (Å²) in [5, 5.41) is 0. The van der Waals surface area contributed by atoms with E-state index in [1.54, 1.807) is 32.0 Å². The molecule has 0 N–H and O–H groups in total. The number of benzene rings is 2. The van der Waals surface area contributed by atoms with Crippen LogP contribution in [0.5, 0.6) is 23.0 Å². The van der Waals surface area contributed by atoms with Crippen molar-refractivity contribution in [3.8, 4) is 23.0 Å². The highest BCUT2D eigenvalue weighted by Gasteiger charge is 2.34. The van der Waals surface area contributed by atoms with Gasteiger partial charge in [-0.15, -0.1) is 0 Å². The van der Waals surface area contributed by atoms with Crippen molar-refractivity contribution >= 4 is 5.97 Å². The molecule has 0 aliphatic heterocycles. The standard InChI is InChI=1S/C18H19FO5/c1-18(2,24-13-10-8-12(19)9-11-13)17(20)23-16-14(21-3)6-5-7-15(16)22-4/h5-11H,1-4H3. The predicted octanol–water partition coefficient (Wildman–Crippen LogP) is 3.61. The van der Waals surface area contributed by atoms with Crippen molar-refractivity contribution in [2.75, 3.05) is 14.2 Å². The molecule has 0 fully saturated rings. The van der Waals surface area contributed by atoms with Crippen LogP contribution in [0.15, 0.2) is 42.5 Å². The van der Waals surface area contributed by atoms with Crippen molar-refractivity contribution < 1.29 is 28.1 Å². The first-order valence-electron chi connectivity index (χ1n) is 7.25. The Morgan fingerprint density at radius 1 is 0.958 bits per heavy atom. The molecule has 0 saturated carbocycles. The van der Waals surface area contributed by atoms with Gasteiger partial charge < -0.3 is 18.9 Å². The van der Waals surface area contributed by atoms with Crippen LogP contribution < -0.4 is 18.9 Å². The number of carbonyl (C=O) groups is 1. The number of carbonyl (C=O) groups excluding carboxylic acids is 1. The monoisotopic (exact) mass is 334 g/mol. The molecule has 2 aromatic carbocycles. The first-order chi connectivity index (χ1) is 11.4. The summed E-state index contributed by atoms with van der Waals surface area (Å²) in [6.45, 7) is 3.11. The average Bonchev–Trinajstić information content (AvgIpc) is 2.56. The van der Waals surface area contributed by atoms with Crippen molar-refractivity contribution in [1.29, 1.82) is 0 Å². The number of hydrogen-bond acceptors (Lipinski definition) is 5. The first-order valence-corrected chi connectivity index (χ1v) is 7.25. The van der Waals surface area contributed by atoms with Gasteiger partial charge in [-0.05, 0) is 50.2 Å².